The number of H-pyrrole nitrogens is 1. The van der Waals surface area contributed by atoms with Gasteiger partial charge in [-0.05, 0) is 68.2 Å². The fraction of sp³-hybridized carbons (Fsp3) is 0.292. The maximum Gasteiger partial charge on any atom is 0.573 e. The maximum absolute atomic E-state index is 12.6. The van der Waals surface area contributed by atoms with Crippen LogP contribution >= 0.6 is 0 Å². The fourth-order valence-corrected chi connectivity index (χ4v) is 3.45. The Bertz CT molecular complexity index is 1130. The molecule has 1 aromatic heterocycles. The Balaban J connectivity index is 1.92. The summed E-state index contributed by atoms with van der Waals surface area (Å²) in [6.07, 6.45) is -2.66. The highest BCUT2D eigenvalue weighted by Gasteiger charge is 2.31. The summed E-state index contributed by atoms with van der Waals surface area (Å²) in [6, 6.07) is 11.7. The lowest BCUT2D eigenvalue weighted by molar-refractivity contribution is -0.274. The lowest BCUT2D eigenvalue weighted by Gasteiger charge is -2.10. The van der Waals surface area contributed by atoms with E-state index in [9.17, 15) is 18.0 Å². The second kappa shape index (κ2) is 9.80. The van der Waals surface area contributed by atoms with E-state index in [1.807, 2.05) is 31.2 Å². The molecule has 0 bridgehead atoms. The number of benzene rings is 2. The molecular weight excluding hydrogens is 423 g/mol. The van der Waals surface area contributed by atoms with Crippen LogP contribution in [0.25, 0.3) is 17.0 Å². The molecule has 0 aliphatic rings. The van der Waals surface area contributed by atoms with Crippen LogP contribution < -0.4 is 4.74 Å². The average molecular weight is 447 g/mol. The number of carbonyl (C=O) groups is 1. The number of fused-ring (bicyclic) bond motifs is 1. The van der Waals surface area contributed by atoms with Gasteiger partial charge in [0.25, 0.3) is 0 Å². The van der Waals surface area contributed by atoms with E-state index in [4.69, 9.17) is 9.47 Å². The minimum Gasteiger partial charge on any atom is -0.487 e. The molecule has 1 heterocycles. The highest BCUT2D eigenvalue weighted by Crippen LogP contribution is 2.31. The van der Waals surface area contributed by atoms with Gasteiger partial charge in [-0.15, -0.1) is 13.2 Å². The molecule has 0 unspecified atom stereocenters. The summed E-state index contributed by atoms with van der Waals surface area (Å²) in [6.45, 7) is 5.93. The SMILES string of the molecule is CCOC(=O)C(=Cc1cccc(Cc2c(C)[nH]c3ccc(OC(F)(F)F)cc23)c1)OCC. The number of nitrogens with one attached hydrogen (secondary N) is 1. The Labute approximate surface area is 183 Å². The van der Waals surface area contributed by atoms with Gasteiger partial charge in [0, 0.05) is 16.6 Å². The van der Waals surface area contributed by atoms with Crippen LogP contribution in [0.15, 0.2) is 48.2 Å². The van der Waals surface area contributed by atoms with Gasteiger partial charge in [0.1, 0.15) is 5.75 Å². The molecule has 2 aromatic carbocycles. The van der Waals surface area contributed by atoms with E-state index in [-0.39, 0.29) is 18.1 Å². The molecule has 0 radical (unpaired) electrons. The molecule has 3 aromatic rings. The summed E-state index contributed by atoms with van der Waals surface area (Å²) >= 11 is 0. The van der Waals surface area contributed by atoms with E-state index < -0.39 is 12.3 Å². The Morgan fingerprint density at radius 2 is 1.81 bits per heavy atom. The van der Waals surface area contributed by atoms with Crippen LogP contribution in [-0.2, 0) is 20.7 Å². The van der Waals surface area contributed by atoms with Gasteiger partial charge in [0.05, 0.1) is 13.2 Å². The monoisotopic (exact) mass is 447 g/mol. The summed E-state index contributed by atoms with van der Waals surface area (Å²) < 4.78 is 52.4. The van der Waals surface area contributed by atoms with Crippen LogP contribution in [0, 0.1) is 6.92 Å². The van der Waals surface area contributed by atoms with Gasteiger partial charge < -0.3 is 19.2 Å². The number of carbonyl (C=O) groups excluding carboxylic acids is 1. The van der Waals surface area contributed by atoms with Crippen LogP contribution in [0.4, 0.5) is 13.2 Å². The van der Waals surface area contributed by atoms with E-state index >= 15 is 0 Å². The molecule has 8 heteroatoms. The number of aromatic amines is 1. The number of aromatic nitrogens is 1. The molecule has 1 N–H and O–H groups in total. The lowest BCUT2D eigenvalue weighted by atomic mass is 10.00. The molecule has 0 aliphatic heterocycles. The number of esters is 1. The number of hydrogen-bond donors (Lipinski definition) is 1. The molecule has 0 amide bonds. The number of aryl methyl sites for hydroxylation is 1. The summed E-state index contributed by atoms with van der Waals surface area (Å²) in [4.78, 5) is 15.3. The van der Waals surface area contributed by atoms with Crippen molar-refractivity contribution in [2.24, 2.45) is 0 Å². The Kier molecular flexibility index (Phi) is 7.12. The first kappa shape index (κ1) is 23.2. The number of ether oxygens (including phenoxy) is 3. The highest BCUT2D eigenvalue weighted by atomic mass is 19.4. The van der Waals surface area contributed by atoms with Crippen molar-refractivity contribution >= 4 is 22.9 Å². The first-order valence-corrected chi connectivity index (χ1v) is 10.2. The van der Waals surface area contributed by atoms with Crippen LogP contribution in [-0.4, -0.2) is 30.5 Å². The zero-order chi connectivity index (χ0) is 23.3. The second-order valence-electron chi connectivity index (χ2n) is 7.07. The number of alkyl halides is 3. The van der Waals surface area contributed by atoms with Crippen LogP contribution in [0.2, 0.25) is 0 Å². The van der Waals surface area contributed by atoms with Crippen molar-refractivity contribution in [2.45, 2.75) is 33.6 Å². The van der Waals surface area contributed by atoms with Crippen molar-refractivity contribution in [2.75, 3.05) is 13.2 Å². The summed E-state index contributed by atoms with van der Waals surface area (Å²) in [5, 5.41) is 0.659. The van der Waals surface area contributed by atoms with Gasteiger partial charge in [-0.25, -0.2) is 4.79 Å². The number of hydrogen-bond acceptors (Lipinski definition) is 4. The van der Waals surface area contributed by atoms with Gasteiger partial charge in [-0.2, -0.15) is 0 Å². The molecule has 0 aliphatic carbocycles. The quantitative estimate of drug-likeness (QED) is 0.265. The fourth-order valence-electron chi connectivity index (χ4n) is 3.45. The molecule has 0 spiro atoms. The molecule has 32 heavy (non-hydrogen) atoms. The molecule has 0 fully saturated rings. The number of halogens is 3. The van der Waals surface area contributed by atoms with Gasteiger partial charge in [-0.1, -0.05) is 24.3 Å². The summed E-state index contributed by atoms with van der Waals surface area (Å²) in [5.74, 6) is -0.689. The van der Waals surface area contributed by atoms with E-state index in [0.717, 1.165) is 27.9 Å². The zero-order valence-electron chi connectivity index (χ0n) is 18.0. The number of rotatable bonds is 8. The first-order chi connectivity index (χ1) is 15.2. The van der Waals surface area contributed by atoms with Crippen LogP contribution in [0.3, 0.4) is 0 Å². The largest absolute Gasteiger partial charge is 0.573 e. The third-order valence-electron chi connectivity index (χ3n) is 4.73. The molecule has 5 nitrogen and oxygen atoms in total. The second-order valence-corrected chi connectivity index (χ2v) is 7.07. The van der Waals surface area contributed by atoms with Crippen molar-refractivity contribution in [3.8, 4) is 5.75 Å². The molecule has 170 valence electrons. The van der Waals surface area contributed by atoms with E-state index in [1.165, 1.54) is 12.1 Å². The third kappa shape index (κ3) is 5.84. The van der Waals surface area contributed by atoms with Crippen molar-refractivity contribution in [3.63, 3.8) is 0 Å². The van der Waals surface area contributed by atoms with Crippen molar-refractivity contribution < 1.29 is 32.2 Å². The minimum absolute atomic E-state index is 0.115. The Morgan fingerprint density at radius 3 is 2.50 bits per heavy atom. The summed E-state index contributed by atoms with van der Waals surface area (Å²) in [5.41, 5.74) is 4.11. The maximum atomic E-state index is 12.6. The minimum atomic E-state index is -4.75. The van der Waals surface area contributed by atoms with Gasteiger partial charge in [0.15, 0.2) is 0 Å². The zero-order valence-corrected chi connectivity index (χ0v) is 18.0. The van der Waals surface area contributed by atoms with Crippen molar-refractivity contribution in [3.05, 3.63) is 70.6 Å². The van der Waals surface area contributed by atoms with Crippen LogP contribution in [0.5, 0.6) is 5.75 Å². The molecular formula is C24H24F3NO4. The topological polar surface area (TPSA) is 60.6 Å². The average Bonchev–Trinajstić information content (AvgIpc) is 3.02. The highest BCUT2D eigenvalue weighted by molar-refractivity contribution is 5.91. The molecule has 0 atom stereocenters. The van der Waals surface area contributed by atoms with Crippen molar-refractivity contribution in [1.82, 2.24) is 4.98 Å². The first-order valence-electron chi connectivity index (χ1n) is 10.2. The predicted octanol–water partition coefficient (Wildman–Crippen LogP) is 5.91. The van der Waals surface area contributed by atoms with E-state index in [2.05, 4.69) is 9.72 Å². The lowest BCUT2D eigenvalue weighted by Crippen LogP contribution is -2.16. The van der Waals surface area contributed by atoms with Crippen LogP contribution in [0.1, 0.15) is 36.2 Å². The van der Waals surface area contributed by atoms with Gasteiger partial charge in [0.2, 0.25) is 5.76 Å². The molecule has 0 saturated heterocycles. The van der Waals surface area contributed by atoms with Gasteiger partial charge in [-0.3, -0.25) is 0 Å². The standard InChI is InChI=1S/C24H24F3NO4/c1-4-30-22(23(29)31-5-2)13-17-8-6-7-16(11-17)12-19-15(3)28-21-10-9-18(14-20(19)21)32-24(25,26)27/h6-11,13-14,28H,4-5,12H2,1-3H3. The predicted molar refractivity (Wildman–Crippen MR) is 115 cm³/mol. The molecule has 3 rings (SSSR count). The van der Waals surface area contributed by atoms with E-state index in [0.29, 0.717) is 18.4 Å². The molecule has 0 saturated carbocycles. The Morgan fingerprint density at radius 1 is 1.06 bits per heavy atom. The van der Waals surface area contributed by atoms with E-state index in [1.54, 1.807) is 26.0 Å². The third-order valence-corrected chi connectivity index (χ3v) is 4.73. The smallest absolute Gasteiger partial charge is 0.487 e. The van der Waals surface area contributed by atoms with Crippen molar-refractivity contribution in [1.29, 1.82) is 0 Å². The Hall–Kier alpha value is -3.42. The summed E-state index contributed by atoms with van der Waals surface area (Å²) in [7, 11) is 0. The van der Waals surface area contributed by atoms with Gasteiger partial charge >= 0.3 is 12.3 Å². The normalized spacial score (nSPS) is 12.1.